The molecule has 3 rings (SSSR count). The normalized spacial score (nSPS) is 10.2. The number of nitrogens with one attached hydrogen (secondary N) is 2. The van der Waals surface area contributed by atoms with Crippen LogP contribution in [0.2, 0.25) is 0 Å². The molecule has 0 saturated heterocycles. The largest absolute Gasteiger partial charge is 0.355 e. The van der Waals surface area contributed by atoms with Crippen molar-refractivity contribution in [2.24, 2.45) is 0 Å². The summed E-state index contributed by atoms with van der Waals surface area (Å²) in [6, 6.07) is 24.5. The minimum absolute atomic E-state index is 0.189. The number of amides is 2. The van der Waals surface area contributed by atoms with Crippen LogP contribution in [0.5, 0.6) is 0 Å². The van der Waals surface area contributed by atoms with Crippen molar-refractivity contribution in [2.75, 3.05) is 12.4 Å². The molecule has 0 radical (unpaired) electrons. The molecule has 0 heterocycles. The molecule has 0 aliphatic rings. The fourth-order valence-corrected chi connectivity index (χ4v) is 2.79. The summed E-state index contributed by atoms with van der Waals surface area (Å²) in [5.41, 5.74) is 3.82. The standard InChI is InChI=1S/C22H20N2O2/c1-23-21(25)18-11-7-12-19(15-18)24-22(26)20-13-6-5-10-17(20)14-16-8-3-2-4-9-16/h2-13,15H,14H2,1H3,(H,23,25)(H,24,26). The van der Waals surface area contributed by atoms with E-state index in [-0.39, 0.29) is 11.8 Å². The van der Waals surface area contributed by atoms with E-state index in [1.165, 1.54) is 0 Å². The molecule has 0 aliphatic heterocycles. The minimum Gasteiger partial charge on any atom is -0.355 e. The van der Waals surface area contributed by atoms with Crippen molar-refractivity contribution in [2.45, 2.75) is 6.42 Å². The molecule has 0 saturated carbocycles. The predicted octanol–water partition coefficient (Wildman–Crippen LogP) is 3.89. The van der Waals surface area contributed by atoms with E-state index in [1.807, 2.05) is 54.6 Å². The van der Waals surface area contributed by atoms with Crippen LogP contribution in [-0.4, -0.2) is 18.9 Å². The van der Waals surface area contributed by atoms with E-state index in [0.29, 0.717) is 23.2 Å². The zero-order valence-corrected chi connectivity index (χ0v) is 14.5. The third kappa shape index (κ3) is 4.16. The lowest BCUT2D eigenvalue weighted by Crippen LogP contribution is -2.18. The summed E-state index contributed by atoms with van der Waals surface area (Å²) in [6.45, 7) is 0. The first-order valence-corrected chi connectivity index (χ1v) is 8.42. The highest BCUT2D eigenvalue weighted by atomic mass is 16.2. The molecule has 0 bridgehead atoms. The lowest BCUT2D eigenvalue weighted by atomic mass is 9.99. The number of hydrogen-bond donors (Lipinski definition) is 2. The Morgan fingerprint density at radius 1 is 0.808 bits per heavy atom. The van der Waals surface area contributed by atoms with E-state index in [4.69, 9.17) is 0 Å². The Bertz CT molecular complexity index is 920. The second-order valence-corrected chi connectivity index (χ2v) is 5.93. The maximum absolute atomic E-state index is 12.8. The van der Waals surface area contributed by atoms with Crippen LogP contribution in [0, 0.1) is 0 Å². The third-order valence-corrected chi connectivity index (χ3v) is 4.11. The van der Waals surface area contributed by atoms with Gasteiger partial charge in [-0.1, -0.05) is 54.6 Å². The van der Waals surface area contributed by atoms with Gasteiger partial charge in [-0.05, 0) is 41.8 Å². The van der Waals surface area contributed by atoms with E-state index >= 15 is 0 Å². The Morgan fingerprint density at radius 2 is 1.54 bits per heavy atom. The van der Waals surface area contributed by atoms with Gasteiger partial charge in [0.2, 0.25) is 0 Å². The lowest BCUT2D eigenvalue weighted by Gasteiger charge is -2.11. The SMILES string of the molecule is CNC(=O)c1cccc(NC(=O)c2ccccc2Cc2ccccc2)c1. The highest BCUT2D eigenvalue weighted by Crippen LogP contribution is 2.17. The topological polar surface area (TPSA) is 58.2 Å². The first-order chi connectivity index (χ1) is 12.7. The molecule has 4 heteroatoms. The molecule has 2 N–H and O–H groups in total. The van der Waals surface area contributed by atoms with Crippen LogP contribution in [0.25, 0.3) is 0 Å². The Morgan fingerprint density at radius 3 is 2.31 bits per heavy atom. The molecule has 26 heavy (non-hydrogen) atoms. The third-order valence-electron chi connectivity index (χ3n) is 4.11. The molecule has 3 aromatic carbocycles. The van der Waals surface area contributed by atoms with Gasteiger partial charge >= 0.3 is 0 Å². The smallest absolute Gasteiger partial charge is 0.255 e. The zero-order chi connectivity index (χ0) is 18.4. The van der Waals surface area contributed by atoms with Gasteiger partial charge in [0.05, 0.1) is 0 Å². The molecule has 130 valence electrons. The van der Waals surface area contributed by atoms with Crippen LogP contribution in [-0.2, 0) is 6.42 Å². The van der Waals surface area contributed by atoms with Gasteiger partial charge in [0, 0.05) is 23.9 Å². The highest BCUT2D eigenvalue weighted by molar-refractivity contribution is 6.06. The summed E-state index contributed by atoms with van der Waals surface area (Å²) in [4.78, 5) is 24.5. The van der Waals surface area contributed by atoms with Crippen LogP contribution in [0.3, 0.4) is 0 Å². The Kier molecular flexibility index (Phi) is 5.44. The Labute approximate surface area is 152 Å². The summed E-state index contributed by atoms with van der Waals surface area (Å²) in [5.74, 6) is -0.379. The van der Waals surface area contributed by atoms with Crippen LogP contribution in [0.4, 0.5) is 5.69 Å². The van der Waals surface area contributed by atoms with Crippen LogP contribution < -0.4 is 10.6 Å². The number of hydrogen-bond acceptors (Lipinski definition) is 2. The second-order valence-electron chi connectivity index (χ2n) is 5.93. The van der Waals surface area contributed by atoms with Crippen molar-refractivity contribution in [3.05, 3.63) is 101 Å². The van der Waals surface area contributed by atoms with E-state index in [2.05, 4.69) is 10.6 Å². The molecule has 0 unspecified atom stereocenters. The predicted molar refractivity (Wildman–Crippen MR) is 103 cm³/mol. The average molecular weight is 344 g/mol. The van der Waals surface area contributed by atoms with Crippen LogP contribution in [0.15, 0.2) is 78.9 Å². The fourth-order valence-electron chi connectivity index (χ4n) is 2.79. The molecule has 2 amide bonds. The fraction of sp³-hybridized carbons (Fsp3) is 0.0909. The Hall–Kier alpha value is -3.40. The summed E-state index contributed by atoms with van der Waals surface area (Å²) < 4.78 is 0. The van der Waals surface area contributed by atoms with E-state index in [9.17, 15) is 9.59 Å². The monoisotopic (exact) mass is 344 g/mol. The van der Waals surface area contributed by atoms with Gasteiger partial charge in [-0.2, -0.15) is 0 Å². The highest BCUT2D eigenvalue weighted by Gasteiger charge is 2.12. The summed E-state index contributed by atoms with van der Waals surface area (Å²) in [6.07, 6.45) is 0.683. The van der Waals surface area contributed by atoms with E-state index in [1.54, 1.807) is 31.3 Å². The number of carbonyl (C=O) groups is 2. The van der Waals surface area contributed by atoms with Crippen molar-refractivity contribution in [1.29, 1.82) is 0 Å². The zero-order valence-electron chi connectivity index (χ0n) is 14.5. The molecule has 3 aromatic rings. The summed E-state index contributed by atoms with van der Waals surface area (Å²) >= 11 is 0. The molecular formula is C22H20N2O2. The van der Waals surface area contributed by atoms with Gasteiger partial charge < -0.3 is 10.6 Å². The molecule has 0 aliphatic carbocycles. The molecule has 4 nitrogen and oxygen atoms in total. The number of carbonyl (C=O) groups excluding carboxylic acids is 2. The maximum Gasteiger partial charge on any atom is 0.255 e. The van der Waals surface area contributed by atoms with Gasteiger partial charge in [-0.25, -0.2) is 0 Å². The first-order valence-electron chi connectivity index (χ1n) is 8.42. The van der Waals surface area contributed by atoms with Crippen LogP contribution >= 0.6 is 0 Å². The molecule has 0 aromatic heterocycles. The van der Waals surface area contributed by atoms with E-state index in [0.717, 1.165) is 11.1 Å². The van der Waals surface area contributed by atoms with Crippen molar-refractivity contribution in [1.82, 2.24) is 5.32 Å². The summed E-state index contributed by atoms with van der Waals surface area (Å²) in [5, 5.41) is 5.46. The number of anilines is 1. The average Bonchev–Trinajstić information content (AvgIpc) is 2.68. The molecule has 0 spiro atoms. The minimum atomic E-state index is -0.189. The number of benzene rings is 3. The van der Waals surface area contributed by atoms with Gasteiger partial charge in [-0.3, -0.25) is 9.59 Å². The van der Waals surface area contributed by atoms with E-state index < -0.39 is 0 Å². The first kappa shape index (κ1) is 17.4. The van der Waals surface area contributed by atoms with Crippen LogP contribution in [0.1, 0.15) is 31.8 Å². The van der Waals surface area contributed by atoms with Crippen molar-refractivity contribution in [3.63, 3.8) is 0 Å². The van der Waals surface area contributed by atoms with Crippen molar-refractivity contribution >= 4 is 17.5 Å². The molecule has 0 fully saturated rings. The van der Waals surface area contributed by atoms with Gasteiger partial charge in [0.25, 0.3) is 11.8 Å². The van der Waals surface area contributed by atoms with Gasteiger partial charge in [0.15, 0.2) is 0 Å². The van der Waals surface area contributed by atoms with Crippen molar-refractivity contribution in [3.8, 4) is 0 Å². The van der Waals surface area contributed by atoms with Gasteiger partial charge in [0.1, 0.15) is 0 Å². The lowest BCUT2D eigenvalue weighted by molar-refractivity contribution is 0.0961. The molecule has 0 atom stereocenters. The molecular weight excluding hydrogens is 324 g/mol. The van der Waals surface area contributed by atoms with Crippen molar-refractivity contribution < 1.29 is 9.59 Å². The maximum atomic E-state index is 12.8. The number of rotatable bonds is 5. The Balaban J connectivity index is 1.81. The van der Waals surface area contributed by atoms with Gasteiger partial charge in [-0.15, -0.1) is 0 Å². The second kappa shape index (κ2) is 8.12. The quantitative estimate of drug-likeness (QED) is 0.738. The summed E-state index contributed by atoms with van der Waals surface area (Å²) in [7, 11) is 1.58.